The van der Waals surface area contributed by atoms with Gasteiger partial charge >= 0.3 is 0 Å². The van der Waals surface area contributed by atoms with Gasteiger partial charge in [0.25, 0.3) is 0 Å². The van der Waals surface area contributed by atoms with Crippen LogP contribution in [0.1, 0.15) is 34.3 Å². The molecule has 3 heterocycles. The van der Waals surface area contributed by atoms with E-state index in [-0.39, 0.29) is 5.91 Å². The molecule has 7 heteroatoms. The van der Waals surface area contributed by atoms with E-state index >= 15 is 0 Å². The van der Waals surface area contributed by atoms with Crippen molar-refractivity contribution in [2.24, 2.45) is 0 Å². The highest BCUT2D eigenvalue weighted by molar-refractivity contribution is 7.09. The van der Waals surface area contributed by atoms with Gasteiger partial charge in [0.15, 0.2) is 5.82 Å². The minimum absolute atomic E-state index is 0.191. The predicted molar refractivity (Wildman–Crippen MR) is 105 cm³/mol. The van der Waals surface area contributed by atoms with Gasteiger partial charge in [-0.1, -0.05) is 30.3 Å². The molecule has 2 aromatic heterocycles. The van der Waals surface area contributed by atoms with Crippen molar-refractivity contribution in [3.63, 3.8) is 0 Å². The number of hydrogen-bond donors (Lipinski definition) is 0. The zero-order valence-corrected chi connectivity index (χ0v) is 16.3. The van der Waals surface area contributed by atoms with Gasteiger partial charge in [-0.3, -0.25) is 4.79 Å². The van der Waals surface area contributed by atoms with Crippen molar-refractivity contribution in [2.45, 2.75) is 39.2 Å². The first-order valence-corrected chi connectivity index (χ1v) is 10.2. The molecule has 0 spiro atoms. The van der Waals surface area contributed by atoms with Crippen LogP contribution in [0.15, 0.2) is 35.7 Å². The van der Waals surface area contributed by atoms with Gasteiger partial charge in [-0.15, -0.1) is 11.3 Å². The standard InChI is InChI=1S/C20H23N5OS/c1-15-21-17(14-27-15)7-8-20(26)24-10-9-19-22-18(23-25(19)12-11-24)13-16-5-3-2-4-6-16/h2-6,14H,7-13H2,1H3. The zero-order valence-electron chi connectivity index (χ0n) is 15.5. The van der Waals surface area contributed by atoms with Crippen LogP contribution >= 0.6 is 11.3 Å². The number of rotatable bonds is 5. The van der Waals surface area contributed by atoms with Gasteiger partial charge in [-0.05, 0) is 18.9 Å². The molecule has 0 radical (unpaired) electrons. The Morgan fingerprint density at radius 3 is 2.78 bits per heavy atom. The number of benzene rings is 1. The van der Waals surface area contributed by atoms with Crippen LogP contribution in [-0.2, 0) is 30.6 Å². The quantitative estimate of drug-likeness (QED) is 0.682. The minimum Gasteiger partial charge on any atom is -0.340 e. The molecule has 0 saturated carbocycles. The Balaban J connectivity index is 1.33. The molecule has 0 saturated heterocycles. The molecule has 0 unspecified atom stereocenters. The van der Waals surface area contributed by atoms with Gasteiger partial charge in [0.2, 0.25) is 5.91 Å². The third kappa shape index (κ3) is 4.42. The number of aryl methyl sites for hydroxylation is 2. The highest BCUT2D eigenvalue weighted by atomic mass is 32.1. The molecule has 6 nitrogen and oxygen atoms in total. The predicted octanol–water partition coefficient (Wildman–Crippen LogP) is 2.65. The van der Waals surface area contributed by atoms with Crippen molar-refractivity contribution in [3.05, 3.63) is 63.6 Å². The van der Waals surface area contributed by atoms with Crippen molar-refractivity contribution < 1.29 is 4.79 Å². The molecule has 1 aliphatic heterocycles. The maximum atomic E-state index is 12.6. The van der Waals surface area contributed by atoms with E-state index < -0.39 is 0 Å². The first kappa shape index (κ1) is 17.9. The molecule has 27 heavy (non-hydrogen) atoms. The van der Waals surface area contributed by atoms with Gasteiger partial charge in [-0.2, -0.15) is 5.10 Å². The molecule has 0 bridgehead atoms. The Morgan fingerprint density at radius 2 is 2.00 bits per heavy atom. The van der Waals surface area contributed by atoms with E-state index in [1.807, 2.05) is 40.1 Å². The zero-order chi connectivity index (χ0) is 18.6. The largest absolute Gasteiger partial charge is 0.340 e. The average molecular weight is 382 g/mol. The molecule has 1 aliphatic rings. The first-order valence-electron chi connectivity index (χ1n) is 9.33. The summed E-state index contributed by atoms with van der Waals surface area (Å²) in [6, 6.07) is 10.3. The SMILES string of the molecule is Cc1nc(CCC(=O)N2CCc3nc(Cc4ccccc4)nn3CC2)cs1. The average Bonchev–Trinajstić information content (AvgIpc) is 3.21. The first-order chi connectivity index (χ1) is 13.2. The normalized spacial score (nSPS) is 14.0. The van der Waals surface area contributed by atoms with E-state index in [2.05, 4.69) is 22.2 Å². The number of amides is 1. The highest BCUT2D eigenvalue weighted by Crippen LogP contribution is 2.13. The van der Waals surface area contributed by atoms with Crippen LogP contribution in [0, 0.1) is 6.92 Å². The number of thiazole rings is 1. The van der Waals surface area contributed by atoms with E-state index in [0.717, 1.165) is 35.2 Å². The van der Waals surface area contributed by atoms with Crippen LogP contribution in [0.3, 0.4) is 0 Å². The van der Waals surface area contributed by atoms with Gasteiger partial charge in [0, 0.05) is 37.7 Å². The van der Waals surface area contributed by atoms with E-state index in [4.69, 9.17) is 4.98 Å². The number of nitrogens with zero attached hydrogens (tertiary/aromatic N) is 5. The molecule has 0 N–H and O–H groups in total. The number of carbonyl (C=O) groups excluding carboxylic acids is 1. The monoisotopic (exact) mass is 381 g/mol. The molecule has 1 aromatic carbocycles. The summed E-state index contributed by atoms with van der Waals surface area (Å²) < 4.78 is 1.97. The molecule has 3 aromatic rings. The third-order valence-corrected chi connectivity index (χ3v) is 5.62. The van der Waals surface area contributed by atoms with E-state index in [1.54, 1.807) is 11.3 Å². The molecule has 1 amide bonds. The Hall–Kier alpha value is -2.54. The summed E-state index contributed by atoms with van der Waals surface area (Å²) in [5.41, 5.74) is 2.23. The third-order valence-electron chi connectivity index (χ3n) is 4.80. The fourth-order valence-electron chi connectivity index (χ4n) is 3.37. The molecular formula is C20H23N5OS. The van der Waals surface area contributed by atoms with Gasteiger partial charge in [0.1, 0.15) is 5.82 Å². The lowest BCUT2D eigenvalue weighted by Crippen LogP contribution is -2.33. The van der Waals surface area contributed by atoms with Crippen molar-refractivity contribution >= 4 is 17.2 Å². The highest BCUT2D eigenvalue weighted by Gasteiger charge is 2.21. The van der Waals surface area contributed by atoms with Crippen LogP contribution in [-0.4, -0.2) is 43.6 Å². The smallest absolute Gasteiger partial charge is 0.223 e. The summed E-state index contributed by atoms with van der Waals surface area (Å²) in [5.74, 6) is 2.03. The minimum atomic E-state index is 0.191. The lowest BCUT2D eigenvalue weighted by atomic mass is 10.1. The molecule has 140 valence electrons. The van der Waals surface area contributed by atoms with Crippen LogP contribution in [0.25, 0.3) is 0 Å². The van der Waals surface area contributed by atoms with Crippen molar-refractivity contribution in [1.29, 1.82) is 0 Å². The summed E-state index contributed by atoms with van der Waals surface area (Å²) >= 11 is 1.63. The second-order valence-corrected chi connectivity index (χ2v) is 7.88. The lowest BCUT2D eigenvalue weighted by Gasteiger charge is -2.19. The van der Waals surface area contributed by atoms with Crippen molar-refractivity contribution in [2.75, 3.05) is 13.1 Å². The molecule has 0 aliphatic carbocycles. The molecular weight excluding hydrogens is 358 g/mol. The van der Waals surface area contributed by atoms with Crippen LogP contribution in [0.5, 0.6) is 0 Å². The Kier molecular flexibility index (Phi) is 5.29. The van der Waals surface area contributed by atoms with E-state index in [1.165, 1.54) is 5.56 Å². The number of aromatic nitrogens is 4. The van der Waals surface area contributed by atoms with Gasteiger partial charge in [-0.25, -0.2) is 14.6 Å². The second kappa shape index (κ2) is 8.00. The van der Waals surface area contributed by atoms with Crippen LogP contribution in [0.4, 0.5) is 0 Å². The van der Waals surface area contributed by atoms with Gasteiger partial charge in [0.05, 0.1) is 17.2 Å². The summed E-state index contributed by atoms with van der Waals surface area (Å²) in [5, 5.41) is 7.75. The van der Waals surface area contributed by atoms with E-state index in [0.29, 0.717) is 32.5 Å². The summed E-state index contributed by atoms with van der Waals surface area (Å²) in [6.45, 7) is 4.10. The van der Waals surface area contributed by atoms with Crippen molar-refractivity contribution in [3.8, 4) is 0 Å². The van der Waals surface area contributed by atoms with Crippen LogP contribution in [0.2, 0.25) is 0 Å². The topological polar surface area (TPSA) is 63.9 Å². The lowest BCUT2D eigenvalue weighted by molar-refractivity contribution is -0.131. The summed E-state index contributed by atoms with van der Waals surface area (Å²) in [6.07, 6.45) is 2.72. The number of fused-ring (bicyclic) bond motifs is 1. The fourth-order valence-corrected chi connectivity index (χ4v) is 4.02. The Bertz CT molecular complexity index is 892. The van der Waals surface area contributed by atoms with Crippen molar-refractivity contribution in [1.82, 2.24) is 24.6 Å². The maximum absolute atomic E-state index is 12.6. The van der Waals surface area contributed by atoms with Gasteiger partial charge < -0.3 is 4.90 Å². The summed E-state index contributed by atoms with van der Waals surface area (Å²) in [7, 11) is 0. The van der Waals surface area contributed by atoms with Crippen LogP contribution < -0.4 is 0 Å². The second-order valence-electron chi connectivity index (χ2n) is 6.82. The molecule has 0 atom stereocenters. The van der Waals surface area contributed by atoms with E-state index in [9.17, 15) is 4.79 Å². The molecule has 0 fully saturated rings. The fraction of sp³-hybridized carbons (Fsp3) is 0.400. The molecule has 4 rings (SSSR count). The Morgan fingerprint density at radius 1 is 1.15 bits per heavy atom. The number of hydrogen-bond acceptors (Lipinski definition) is 5. The Labute approximate surface area is 162 Å². The number of carbonyl (C=O) groups is 1. The maximum Gasteiger partial charge on any atom is 0.223 e. The summed E-state index contributed by atoms with van der Waals surface area (Å²) in [4.78, 5) is 23.6.